The molecule has 0 radical (unpaired) electrons. The normalized spacial score (nSPS) is 11.6. The molecule has 1 N–H and O–H groups in total. The van der Waals surface area contributed by atoms with Gasteiger partial charge in [0.25, 0.3) is 0 Å². The van der Waals surface area contributed by atoms with Gasteiger partial charge in [0.1, 0.15) is 29.3 Å². The van der Waals surface area contributed by atoms with E-state index >= 15 is 0 Å². The monoisotopic (exact) mass is 223 g/mol. The Morgan fingerprint density at radius 3 is 2.94 bits per heavy atom. The number of halogens is 1. The van der Waals surface area contributed by atoms with E-state index in [1.54, 1.807) is 13.0 Å². The van der Waals surface area contributed by atoms with E-state index < -0.39 is 17.9 Å². The predicted octanol–water partition coefficient (Wildman–Crippen LogP) is 1.94. The average molecular weight is 223 g/mol. The first-order chi connectivity index (χ1) is 7.54. The largest absolute Gasteiger partial charge is 0.489 e. The van der Waals surface area contributed by atoms with Gasteiger partial charge in [0, 0.05) is 0 Å². The number of carbonyl (C=O) groups is 1. The van der Waals surface area contributed by atoms with Gasteiger partial charge in [0.2, 0.25) is 0 Å². The Morgan fingerprint density at radius 1 is 1.69 bits per heavy atom. The highest BCUT2D eigenvalue weighted by atomic mass is 19.1. The molecule has 0 spiro atoms. The molecule has 1 aromatic carbocycles. The van der Waals surface area contributed by atoms with Crippen molar-refractivity contribution in [2.24, 2.45) is 0 Å². The minimum Gasteiger partial charge on any atom is -0.489 e. The zero-order valence-electron chi connectivity index (χ0n) is 8.61. The number of ether oxygens (including phenoxy) is 1. The number of nitriles is 1. The number of nitrogens with zero attached hydrogens (tertiary/aromatic N) is 1. The van der Waals surface area contributed by atoms with Crippen LogP contribution in [0.3, 0.4) is 0 Å². The highest BCUT2D eigenvalue weighted by Crippen LogP contribution is 2.22. The molecular weight excluding hydrogens is 213 g/mol. The van der Waals surface area contributed by atoms with Crippen LogP contribution >= 0.6 is 0 Å². The van der Waals surface area contributed by atoms with Gasteiger partial charge >= 0.3 is 5.97 Å². The van der Waals surface area contributed by atoms with E-state index in [1.807, 2.05) is 0 Å². The molecular formula is C11H10FNO3. The van der Waals surface area contributed by atoms with E-state index in [-0.39, 0.29) is 17.7 Å². The maximum atomic E-state index is 13.1. The zero-order valence-corrected chi connectivity index (χ0v) is 8.61. The summed E-state index contributed by atoms with van der Waals surface area (Å²) in [4.78, 5) is 10.4. The molecule has 5 heteroatoms. The molecule has 1 unspecified atom stereocenters. The number of carboxylic acid groups (broad SMARTS) is 1. The molecule has 0 aliphatic carbocycles. The fourth-order valence-corrected chi connectivity index (χ4v) is 1.22. The molecule has 0 saturated carbocycles. The van der Waals surface area contributed by atoms with E-state index in [9.17, 15) is 9.18 Å². The molecule has 16 heavy (non-hydrogen) atoms. The summed E-state index contributed by atoms with van der Waals surface area (Å²) in [5.74, 6) is -1.62. The highest BCUT2D eigenvalue weighted by molar-refractivity contribution is 5.67. The Balaban J connectivity index is 2.85. The third kappa shape index (κ3) is 2.95. The molecule has 4 nitrogen and oxygen atoms in total. The Hall–Kier alpha value is -2.09. The third-order valence-electron chi connectivity index (χ3n) is 1.88. The average Bonchev–Trinajstić information content (AvgIpc) is 2.16. The SMILES string of the molecule is CC(CC(=O)O)Oc1cccc(F)c1C#N. The van der Waals surface area contributed by atoms with Crippen molar-refractivity contribution in [1.82, 2.24) is 0 Å². The molecule has 0 heterocycles. The summed E-state index contributed by atoms with van der Waals surface area (Å²) in [5.41, 5.74) is -0.209. The predicted molar refractivity (Wildman–Crippen MR) is 53.5 cm³/mol. The van der Waals surface area contributed by atoms with Gasteiger partial charge in [-0.2, -0.15) is 5.26 Å². The van der Waals surface area contributed by atoms with Crippen LogP contribution in [0.2, 0.25) is 0 Å². The van der Waals surface area contributed by atoms with Crippen molar-refractivity contribution >= 4 is 5.97 Å². The number of aliphatic carboxylic acids is 1. The number of carboxylic acids is 1. The van der Waals surface area contributed by atoms with Crippen molar-refractivity contribution in [3.63, 3.8) is 0 Å². The van der Waals surface area contributed by atoms with Crippen molar-refractivity contribution in [1.29, 1.82) is 5.26 Å². The van der Waals surface area contributed by atoms with Crippen LogP contribution in [0.5, 0.6) is 5.75 Å². The molecule has 0 aliphatic rings. The van der Waals surface area contributed by atoms with Crippen molar-refractivity contribution < 1.29 is 19.0 Å². The quantitative estimate of drug-likeness (QED) is 0.846. The minimum absolute atomic E-state index is 0.0660. The summed E-state index contributed by atoms with van der Waals surface area (Å²) in [6.07, 6.45) is -0.826. The van der Waals surface area contributed by atoms with Gasteiger partial charge in [0.15, 0.2) is 0 Å². The fourth-order valence-electron chi connectivity index (χ4n) is 1.22. The first-order valence-corrected chi connectivity index (χ1v) is 4.61. The van der Waals surface area contributed by atoms with E-state index in [0.717, 1.165) is 6.07 Å². The van der Waals surface area contributed by atoms with Gasteiger partial charge < -0.3 is 9.84 Å². The third-order valence-corrected chi connectivity index (χ3v) is 1.88. The first-order valence-electron chi connectivity index (χ1n) is 4.61. The number of hydrogen-bond donors (Lipinski definition) is 1. The van der Waals surface area contributed by atoms with Crippen molar-refractivity contribution in [3.8, 4) is 11.8 Å². The lowest BCUT2D eigenvalue weighted by molar-refractivity contribution is -0.138. The molecule has 0 amide bonds. The zero-order chi connectivity index (χ0) is 12.1. The van der Waals surface area contributed by atoms with Crippen LogP contribution in [0.25, 0.3) is 0 Å². The van der Waals surface area contributed by atoms with E-state index in [1.165, 1.54) is 12.1 Å². The molecule has 0 saturated heterocycles. The van der Waals surface area contributed by atoms with Gasteiger partial charge in [-0.1, -0.05) is 6.07 Å². The van der Waals surface area contributed by atoms with Crippen LogP contribution in [0, 0.1) is 17.1 Å². The summed E-state index contributed by atoms with van der Waals surface area (Å²) in [6, 6.07) is 5.65. The van der Waals surface area contributed by atoms with Gasteiger partial charge in [-0.05, 0) is 19.1 Å². The molecule has 0 aromatic heterocycles. The maximum Gasteiger partial charge on any atom is 0.307 e. The Kier molecular flexibility index (Phi) is 3.84. The summed E-state index contributed by atoms with van der Waals surface area (Å²) in [5, 5.41) is 17.2. The van der Waals surface area contributed by atoms with Gasteiger partial charge in [-0.15, -0.1) is 0 Å². The minimum atomic E-state index is -1.01. The van der Waals surface area contributed by atoms with Crippen LogP contribution in [0.1, 0.15) is 18.9 Å². The number of hydrogen-bond acceptors (Lipinski definition) is 3. The van der Waals surface area contributed by atoms with Crippen molar-refractivity contribution in [3.05, 3.63) is 29.6 Å². The summed E-state index contributed by atoms with van der Waals surface area (Å²) in [7, 11) is 0. The summed E-state index contributed by atoms with van der Waals surface area (Å²) < 4.78 is 18.3. The van der Waals surface area contributed by atoms with Gasteiger partial charge in [-0.25, -0.2) is 4.39 Å². The highest BCUT2D eigenvalue weighted by Gasteiger charge is 2.14. The number of benzene rings is 1. The second kappa shape index (κ2) is 5.12. The lowest BCUT2D eigenvalue weighted by Crippen LogP contribution is -2.17. The molecule has 0 fully saturated rings. The molecule has 1 rings (SSSR count). The van der Waals surface area contributed by atoms with Gasteiger partial charge in [0.05, 0.1) is 6.42 Å². The fraction of sp³-hybridized carbons (Fsp3) is 0.273. The van der Waals surface area contributed by atoms with Crippen LogP contribution in [-0.4, -0.2) is 17.2 Å². The standard InChI is InChI=1S/C11H10FNO3/c1-7(5-11(14)15)16-10-4-2-3-9(12)8(10)6-13/h2-4,7H,5H2,1H3,(H,14,15). The topological polar surface area (TPSA) is 70.3 Å². The first kappa shape index (κ1) is 12.0. The van der Waals surface area contributed by atoms with E-state index in [2.05, 4.69) is 0 Å². The Morgan fingerprint density at radius 2 is 2.38 bits per heavy atom. The van der Waals surface area contributed by atoms with Crippen molar-refractivity contribution in [2.75, 3.05) is 0 Å². The lowest BCUT2D eigenvalue weighted by Gasteiger charge is -2.13. The second-order valence-corrected chi connectivity index (χ2v) is 3.25. The van der Waals surface area contributed by atoms with Crippen LogP contribution in [0.4, 0.5) is 4.39 Å². The molecule has 0 aliphatic heterocycles. The van der Waals surface area contributed by atoms with Crippen molar-refractivity contribution in [2.45, 2.75) is 19.4 Å². The van der Waals surface area contributed by atoms with Crippen LogP contribution in [0.15, 0.2) is 18.2 Å². The number of rotatable bonds is 4. The Bertz CT molecular complexity index is 439. The molecule has 84 valence electrons. The molecule has 1 aromatic rings. The van der Waals surface area contributed by atoms with Gasteiger partial charge in [-0.3, -0.25) is 4.79 Å². The smallest absolute Gasteiger partial charge is 0.307 e. The summed E-state index contributed by atoms with van der Waals surface area (Å²) >= 11 is 0. The lowest BCUT2D eigenvalue weighted by atomic mass is 10.2. The molecule has 1 atom stereocenters. The van der Waals surface area contributed by atoms with E-state index in [0.29, 0.717) is 0 Å². The maximum absolute atomic E-state index is 13.1. The molecule has 0 bridgehead atoms. The second-order valence-electron chi connectivity index (χ2n) is 3.25. The van der Waals surface area contributed by atoms with Crippen LogP contribution in [-0.2, 0) is 4.79 Å². The summed E-state index contributed by atoms with van der Waals surface area (Å²) in [6.45, 7) is 1.54. The Labute approximate surface area is 91.9 Å². The van der Waals surface area contributed by atoms with Crippen LogP contribution < -0.4 is 4.74 Å². The van der Waals surface area contributed by atoms with E-state index in [4.69, 9.17) is 15.1 Å².